The van der Waals surface area contributed by atoms with E-state index >= 15 is 0 Å². The van der Waals surface area contributed by atoms with Gasteiger partial charge in [-0.1, -0.05) is 30.3 Å². The van der Waals surface area contributed by atoms with Crippen molar-refractivity contribution in [3.05, 3.63) is 52.8 Å². The zero-order valence-electron chi connectivity index (χ0n) is 9.93. The summed E-state index contributed by atoms with van der Waals surface area (Å²) in [7, 11) is 0. The smallest absolute Gasteiger partial charge is 0.163 e. The fourth-order valence-electron chi connectivity index (χ4n) is 1.82. The van der Waals surface area contributed by atoms with Crippen molar-refractivity contribution >= 4 is 29.2 Å². The Kier molecular flexibility index (Phi) is 3.58. The van der Waals surface area contributed by atoms with Gasteiger partial charge in [0.15, 0.2) is 5.70 Å². The largest absolute Gasteiger partial charge is 0.223 e. The molecule has 0 radical (unpaired) electrons. The van der Waals surface area contributed by atoms with Gasteiger partial charge in [-0.2, -0.15) is 10.4 Å². The molecule has 0 bridgehead atoms. The molecule has 1 aromatic carbocycles. The van der Waals surface area contributed by atoms with Crippen molar-refractivity contribution in [2.45, 2.75) is 5.25 Å². The Morgan fingerprint density at radius 2 is 2.21 bits per heavy atom. The lowest BCUT2D eigenvalue weighted by Gasteiger charge is -2.07. The first-order valence-electron chi connectivity index (χ1n) is 5.72. The van der Waals surface area contributed by atoms with Crippen molar-refractivity contribution in [1.82, 2.24) is 14.8 Å². The van der Waals surface area contributed by atoms with Crippen molar-refractivity contribution in [3.8, 4) is 6.07 Å². The van der Waals surface area contributed by atoms with Gasteiger partial charge in [0.1, 0.15) is 18.7 Å². The van der Waals surface area contributed by atoms with Gasteiger partial charge < -0.3 is 0 Å². The van der Waals surface area contributed by atoms with Crippen molar-refractivity contribution in [3.63, 3.8) is 0 Å². The third kappa shape index (κ3) is 2.53. The normalized spacial score (nSPS) is 21.1. The van der Waals surface area contributed by atoms with Gasteiger partial charge in [0.2, 0.25) is 0 Å². The van der Waals surface area contributed by atoms with Crippen LogP contribution < -0.4 is 0 Å². The van der Waals surface area contributed by atoms with Gasteiger partial charge in [0.05, 0.1) is 4.24 Å². The van der Waals surface area contributed by atoms with Gasteiger partial charge in [0.25, 0.3) is 0 Å². The van der Waals surface area contributed by atoms with Crippen LogP contribution in [0.1, 0.15) is 10.8 Å². The lowest BCUT2D eigenvalue weighted by molar-refractivity contribution is 0.911. The molecule has 6 heteroatoms. The first-order valence-corrected chi connectivity index (χ1v) is 7.59. The summed E-state index contributed by atoms with van der Waals surface area (Å²) in [5.41, 5.74) is 1.86. The lowest BCUT2D eigenvalue weighted by Crippen LogP contribution is -1.96. The molecule has 2 heterocycles. The molecular weight excluding hydrogens is 276 g/mol. The van der Waals surface area contributed by atoms with E-state index in [2.05, 4.69) is 28.3 Å². The number of allylic oxidation sites excluding steroid dienone is 1. The predicted octanol–water partition coefficient (Wildman–Crippen LogP) is 3.15. The molecule has 94 valence electrons. The van der Waals surface area contributed by atoms with Crippen LogP contribution in [-0.2, 0) is 0 Å². The highest BCUT2D eigenvalue weighted by Gasteiger charge is 2.26. The molecule has 3 rings (SSSR count). The summed E-state index contributed by atoms with van der Waals surface area (Å²) in [5.74, 6) is 0.976. The fourth-order valence-corrected chi connectivity index (χ4v) is 4.69. The van der Waals surface area contributed by atoms with E-state index in [-0.39, 0.29) is 0 Å². The van der Waals surface area contributed by atoms with Crippen molar-refractivity contribution in [2.24, 2.45) is 0 Å². The maximum atomic E-state index is 9.29. The van der Waals surface area contributed by atoms with Gasteiger partial charge in [-0.25, -0.2) is 9.67 Å². The molecule has 19 heavy (non-hydrogen) atoms. The van der Waals surface area contributed by atoms with Crippen LogP contribution in [0.5, 0.6) is 0 Å². The monoisotopic (exact) mass is 286 g/mol. The third-order valence-corrected chi connectivity index (χ3v) is 5.67. The molecule has 1 aliphatic heterocycles. The molecule has 0 spiro atoms. The average molecular weight is 286 g/mol. The lowest BCUT2D eigenvalue weighted by atomic mass is 10.2. The Balaban J connectivity index is 1.88. The summed E-state index contributed by atoms with van der Waals surface area (Å²) in [6, 6.07) is 12.6. The van der Waals surface area contributed by atoms with E-state index < -0.39 is 0 Å². The number of benzene rings is 1. The van der Waals surface area contributed by atoms with Crippen molar-refractivity contribution in [1.29, 1.82) is 5.26 Å². The predicted molar refractivity (Wildman–Crippen MR) is 78.1 cm³/mol. The van der Waals surface area contributed by atoms with Crippen LogP contribution in [-0.4, -0.2) is 20.5 Å². The minimum atomic E-state index is 0.396. The molecule has 1 aromatic heterocycles. The SMILES string of the molecule is N#C/C(=C1/SCC(c2ccccc2)S1)n1cncn1. The maximum Gasteiger partial charge on any atom is 0.163 e. The molecule has 0 saturated carbocycles. The summed E-state index contributed by atoms with van der Waals surface area (Å²) in [4.78, 5) is 3.89. The van der Waals surface area contributed by atoms with Gasteiger partial charge in [-0.05, 0) is 5.56 Å². The minimum Gasteiger partial charge on any atom is -0.223 e. The Bertz CT molecular complexity index is 628. The highest BCUT2D eigenvalue weighted by Crippen LogP contribution is 2.51. The minimum absolute atomic E-state index is 0.396. The van der Waals surface area contributed by atoms with E-state index in [1.165, 1.54) is 16.6 Å². The molecule has 1 atom stereocenters. The van der Waals surface area contributed by atoms with E-state index in [0.29, 0.717) is 10.9 Å². The Morgan fingerprint density at radius 1 is 1.37 bits per heavy atom. The molecular formula is C13H10N4S2. The van der Waals surface area contributed by atoms with Crippen LogP contribution in [0.15, 0.2) is 47.2 Å². The second-order valence-corrected chi connectivity index (χ2v) is 6.42. The topological polar surface area (TPSA) is 54.5 Å². The number of nitriles is 1. The second-order valence-electron chi connectivity index (χ2n) is 3.92. The Labute approximate surface area is 119 Å². The molecule has 0 amide bonds. The average Bonchev–Trinajstić information content (AvgIpc) is 3.12. The first-order chi connectivity index (χ1) is 9.38. The summed E-state index contributed by atoms with van der Waals surface area (Å²) in [6.45, 7) is 0. The van der Waals surface area contributed by atoms with E-state index in [9.17, 15) is 5.26 Å². The van der Waals surface area contributed by atoms with Gasteiger partial charge in [-0.3, -0.25) is 0 Å². The van der Waals surface area contributed by atoms with Gasteiger partial charge >= 0.3 is 0 Å². The van der Waals surface area contributed by atoms with Gasteiger partial charge in [-0.15, -0.1) is 23.5 Å². The van der Waals surface area contributed by atoms with Crippen LogP contribution in [0.3, 0.4) is 0 Å². The highest BCUT2D eigenvalue weighted by atomic mass is 32.2. The molecule has 4 nitrogen and oxygen atoms in total. The number of aromatic nitrogens is 3. The molecule has 0 N–H and O–H groups in total. The number of nitrogens with zero attached hydrogens (tertiary/aromatic N) is 4. The number of rotatable bonds is 2. The summed E-state index contributed by atoms with van der Waals surface area (Å²) < 4.78 is 2.55. The number of thioether (sulfide) groups is 2. The summed E-state index contributed by atoms with van der Waals surface area (Å²) >= 11 is 3.43. The van der Waals surface area contributed by atoms with E-state index in [4.69, 9.17) is 0 Å². The standard InChI is InChI=1S/C13H10N4S2/c14-6-11(17-9-15-8-16-17)13-18-7-12(19-13)10-4-2-1-3-5-10/h1-5,8-9,12H,7H2/b13-11+. The van der Waals surface area contributed by atoms with Crippen LogP contribution >= 0.6 is 23.5 Å². The second kappa shape index (κ2) is 5.51. The van der Waals surface area contributed by atoms with E-state index in [0.717, 1.165) is 9.99 Å². The molecule has 1 unspecified atom stereocenters. The molecule has 0 aliphatic carbocycles. The van der Waals surface area contributed by atoms with Crippen LogP contribution in [0.25, 0.3) is 5.70 Å². The first kappa shape index (κ1) is 12.3. The van der Waals surface area contributed by atoms with Crippen molar-refractivity contribution in [2.75, 3.05) is 5.75 Å². The van der Waals surface area contributed by atoms with Gasteiger partial charge in [0, 0.05) is 11.0 Å². The molecule has 1 saturated heterocycles. The van der Waals surface area contributed by atoms with Crippen LogP contribution in [0.4, 0.5) is 0 Å². The zero-order chi connectivity index (χ0) is 13.1. The Morgan fingerprint density at radius 3 is 2.89 bits per heavy atom. The summed E-state index contributed by atoms with van der Waals surface area (Å²) in [5, 5.41) is 13.7. The quantitative estimate of drug-likeness (QED) is 0.794. The number of hydrogen-bond acceptors (Lipinski definition) is 5. The molecule has 1 aliphatic rings. The zero-order valence-corrected chi connectivity index (χ0v) is 11.6. The Hall–Kier alpha value is -1.71. The molecule has 2 aromatic rings. The van der Waals surface area contributed by atoms with E-state index in [1.807, 2.05) is 18.2 Å². The number of hydrogen-bond donors (Lipinski definition) is 0. The fraction of sp³-hybridized carbons (Fsp3) is 0.154. The van der Waals surface area contributed by atoms with Crippen LogP contribution in [0, 0.1) is 11.3 Å². The van der Waals surface area contributed by atoms with Crippen LogP contribution in [0.2, 0.25) is 0 Å². The molecule has 1 fully saturated rings. The van der Waals surface area contributed by atoms with E-state index in [1.54, 1.807) is 29.9 Å². The summed E-state index contributed by atoms with van der Waals surface area (Å²) in [6.07, 6.45) is 3.00. The maximum absolute atomic E-state index is 9.29. The third-order valence-electron chi connectivity index (χ3n) is 2.73. The highest BCUT2D eigenvalue weighted by molar-refractivity contribution is 8.25. The van der Waals surface area contributed by atoms with Crippen molar-refractivity contribution < 1.29 is 0 Å².